The van der Waals surface area contributed by atoms with E-state index in [1.807, 2.05) is 19.3 Å². The summed E-state index contributed by atoms with van der Waals surface area (Å²) in [5.74, 6) is 2.69. The molecule has 18 heavy (non-hydrogen) atoms. The Labute approximate surface area is 108 Å². The van der Waals surface area contributed by atoms with E-state index in [9.17, 15) is 0 Å². The standard InChI is InChI=1S/C16H18N2/c1-3-4-5-8-15(17-2)14-9-10-16-13(12-14)7-6-11-18-16/h1,6-7,9-12,15,17H,4-5,8H2,2H3. The van der Waals surface area contributed by atoms with Gasteiger partial charge in [0.05, 0.1) is 5.52 Å². The molecule has 0 bridgehead atoms. The average Bonchev–Trinajstić information content (AvgIpc) is 2.43. The highest BCUT2D eigenvalue weighted by atomic mass is 14.9. The molecule has 2 nitrogen and oxygen atoms in total. The fourth-order valence-corrected chi connectivity index (χ4v) is 2.20. The molecule has 0 aliphatic carbocycles. The van der Waals surface area contributed by atoms with Crippen molar-refractivity contribution in [2.24, 2.45) is 0 Å². The van der Waals surface area contributed by atoms with Crippen LogP contribution in [0, 0.1) is 12.3 Å². The number of fused-ring (bicyclic) bond motifs is 1. The van der Waals surface area contributed by atoms with Gasteiger partial charge in [0.1, 0.15) is 0 Å². The van der Waals surface area contributed by atoms with Crippen LogP contribution in [0.2, 0.25) is 0 Å². The minimum absolute atomic E-state index is 0.364. The summed E-state index contributed by atoms with van der Waals surface area (Å²) in [4.78, 5) is 4.34. The lowest BCUT2D eigenvalue weighted by atomic mass is 9.99. The van der Waals surface area contributed by atoms with Crippen LogP contribution in [0.15, 0.2) is 36.5 Å². The van der Waals surface area contributed by atoms with Gasteiger partial charge in [-0.1, -0.05) is 12.1 Å². The van der Waals surface area contributed by atoms with Crippen LogP contribution in [0.1, 0.15) is 30.9 Å². The maximum Gasteiger partial charge on any atom is 0.0702 e. The molecule has 1 N–H and O–H groups in total. The van der Waals surface area contributed by atoms with Crippen LogP contribution < -0.4 is 5.32 Å². The topological polar surface area (TPSA) is 24.9 Å². The van der Waals surface area contributed by atoms with Crippen LogP contribution >= 0.6 is 0 Å². The average molecular weight is 238 g/mol. The van der Waals surface area contributed by atoms with Crippen LogP contribution in [-0.2, 0) is 0 Å². The lowest BCUT2D eigenvalue weighted by molar-refractivity contribution is 0.532. The Bertz CT molecular complexity index is 554. The number of rotatable bonds is 5. The minimum atomic E-state index is 0.364. The fourth-order valence-electron chi connectivity index (χ4n) is 2.20. The molecular formula is C16H18N2. The summed E-state index contributed by atoms with van der Waals surface area (Å²) in [6, 6.07) is 10.9. The molecule has 0 saturated carbocycles. The summed E-state index contributed by atoms with van der Waals surface area (Å²) in [5.41, 5.74) is 2.34. The molecule has 0 aliphatic rings. The quantitative estimate of drug-likeness (QED) is 0.638. The van der Waals surface area contributed by atoms with Gasteiger partial charge < -0.3 is 5.32 Å². The van der Waals surface area contributed by atoms with Crippen molar-refractivity contribution >= 4 is 10.9 Å². The Kier molecular flexibility index (Phi) is 4.33. The third-order valence-electron chi connectivity index (χ3n) is 3.19. The van der Waals surface area contributed by atoms with E-state index in [-0.39, 0.29) is 0 Å². The molecular weight excluding hydrogens is 220 g/mol. The Morgan fingerprint density at radius 3 is 3.06 bits per heavy atom. The number of pyridine rings is 1. The van der Waals surface area contributed by atoms with Crippen LogP contribution in [-0.4, -0.2) is 12.0 Å². The van der Waals surface area contributed by atoms with Gasteiger partial charge in [0.2, 0.25) is 0 Å². The van der Waals surface area contributed by atoms with E-state index in [1.165, 1.54) is 10.9 Å². The zero-order valence-corrected chi connectivity index (χ0v) is 10.7. The van der Waals surface area contributed by atoms with E-state index < -0.39 is 0 Å². The molecule has 1 aromatic heterocycles. The molecule has 2 rings (SSSR count). The first-order valence-electron chi connectivity index (χ1n) is 6.30. The molecule has 1 atom stereocenters. The maximum absolute atomic E-state index is 5.29. The Morgan fingerprint density at radius 1 is 1.39 bits per heavy atom. The molecule has 1 unspecified atom stereocenters. The van der Waals surface area contributed by atoms with Crippen molar-refractivity contribution < 1.29 is 0 Å². The number of benzene rings is 1. The third kappa shape index (κ3) is 2.88. The van der Waals surface area contributed by atoms with Crippen LogP contribution in [0.25, 0.3) is 10.9 Å². The number of hydrogen-bond acceptors (Lipinski definition) is 2. The van der Waals surface area contributed by atoms with Gasteiger partial charge in [-0.05, 0) is 43.7 Å². The van der Waals surface area contributed by atoms with Gasteiger partial charge in [0.25, 0.3) is 0 Å². The van der Waals surface area contributed by atoms with Gasteiger partial charge in [0, 0.05) is 24.0 Å². The monoisotopic (exact) mass is 238 g/mol. The van der Waals surface area contributed by atoms with E-state index in [0.29, 0.717) is 6.04 Å². The summed E-state index contributed by atoms with van der Waals surface area (Å²) in [7, 11) is 1.99. The highest BCUT2D eigenvalue weighted by Crippen LogP contribution is 2.22. The second-order valence-corrected chi connectivity index (χ2v) is 4.39. The van der Waals surface area contributed by atoms with E-state index >= 15 is 0 Å². The van der Waals surface area contributed by atoms with Crippen molar-refractivity contribution in [3.8, 4) is 12.3 Å². The molecule has 92 valence electrons. The zero-order valence-electron chi connectivity index (χ0n) is 10.7. The maximum atomic E-state index is 5.29. The Morgan fingerprint density at radius 2 is 2.28 bits per heavy atom. The van der Waals surface area contributed by atoms with E-state index in [4.69, 9.17) is 6.42 Å². The number of unbranched alkanes of at least 4 members (excludes halogenated alkanes) is 1. The SMILES string of the molecule is C#CCCCC(NC)c1ccc2ncccc2c1. The van der Waals surface area contributed by atoms with Crippen molar-refractivity contribution in [3.63, 3.8) is 0 Å². The molecule has 0 aliphatic heterocycles. The highest BCUT2D eigenvalue weighted by Gasteiger charge is 2.09. The molecule has 1 aromatic carbocycles. The van der Waals surface area contributed by atoms with E-state index in [0.717, 1.165) is 24.8 Å². The van der Waals surface area contributed by atoms with Gasteiger partial charge in [0.15, 0.2) is 0 Å². The van der Waals surface area contributed by atoms with Crippen LogP contribution in [0.5, 0.6) is 0 Å². The summed E-state index contributed by atoms with van der Waals surface area (Å²) < 4.78 is 0. The van der Waals surface area contributed by atoms with Crippen molar-refractivity contribution in [3.05, 3.63) is 42.1 Å². The summed E-state index contributed by atoms with van der Waals surface area (Å²) in [5, 5.41) is 4.54. The number of hydrogen-bond donors (Lipinski definition) is 1. The van der Waals surface area contributed by atoms with Crippen molar-refractivity contribution in [1.29, 1.82) is 0 Å². The second-order valence-electron chi connectivity index (χ2n) is 4.39. The van der Waals surface area contributed by atoms with E-state index in [1.54, 1.807) is 0 Å². The van der Waals surface area contributed by atoms with Crippen molar-refractivity contribution in [1.82, 2.24) is 10.3 Å². The smallest absolute Gasteiger partial charge is 0.0702 e. The predicted octanol–water partition coefficient (Wildman–Crippen LogP) is 3.30. The first kappa shape index (κ1) is 12.6. The summed E-state index contributed by atoms with van der Waals surface area (Å²) >= 11 is 0. The highest BCUT2D eigenvalue weighted by molar-refractivity contribution is 5.79. The lowest BCUT2D eigenvalue weighted by Gasteiger charge is -2.16. The Balaban J connectivity index is 2.20. The first-order valence-corrected chi connectivity index (χ1v) is 6.30. The van der Waals surface area contributed by atoms with Crippen LogP contribution in [0.4, 0.5) is 0 Å². The van der Waals surface area contributed by atoms with Gasteiger partial charge in [-0.2, -0.15) is 0 Å². The van der Waals surface area contributed by atoms with Crippen LogP contribution in [0.3, 0.4) is 0 Å². The number of aromatic nitrogens is 1. The van der Waals surface area contributed by atoms with Gasteiger partial charge in [-0.15, -0.1) is 12.3 Å². The first-order chi connectivity index (χ1) is 8.85. The molecule has 2 aromatic rings. The fraction of sp³-hybridized carbons (Fsp3) is 0.312. The number of terminal acetylenes is 1. The van der Waals surface area contributed by atoms with Crippen molar-refractivity contribution in [2.75, 3.05) is 7.05 Å². The Hall–Kier alpha value is -1.85. The molecule has 1 heterocycles. The normalized spacial score (nSPS) is 12.2. The number of nitrogens with one attached hydrogen (secondary N) is 1. The molecule has 0 amide bonds. The van der Waals surface area contributed by atoms with Gasteiger partial charge in [-0.25, -0.2) is 0 Å². The second kappa shape index (κ2) is 6.18. The lowest BCUT2D eigenvalue weighted by Crippen LogP contribution is -2.16. The molecule has 0 saturated heterocycles. The summed E-state index contributed by atoms with van der Waals surface area (Å²) in [6.07, 6.45) is 10.1. The largest absolute Gasteiger partial charge is 0.313 e. The molecule has 0 radical (unpaired) electrons. The molecule has 2 heteroatoms. The molecule has 0 fully saturated rings. The van der Waals surface area contributed by atoms with Gasteiger partial charge >= 0.3 is 0 Å². The zero-order chi connectivity index (χ0) is 12.8. The van der Waals surface area contributed by atoms with E-state index in [2.05, 4.69) is 40.5 Å². The molecule has 0 spiro atoms. The minimum Gasteiger partial charge on any atom is -0.313 e. The van der Waals surface area contributed by atoms with Gasteiger partial charge in [-0.3, -0.25) is 4.98 Å². The third-order valence-corrected chi connectivity index (χ3v) is 3.19. The van der Waals surface area contributed by atoms with Crippen molar-refractivity contribution in [2.45, 2.75) is 25.3 Å². The number of nitrogens with zero attached hydrogens (tertiary/aromatic N) is 1. The summed E-state index contributed by atoms with van der Waals surface area (Å²) in [6.45, 7) is 0. The predicted molar refractivity (Wildman–Crippen MR) is 76.2 cm³/mol.